The zero-order valence-corrected chi connectivity index (χ0v) is 21.9. The van der Waals surface area contributed by atoms with E-state index in [-0.39, 0.29) is 0 Å². The summed E-state index contributed by atoms with van der Waals surface area (Å²) in [5.41, 5.74) is 13.1. The van der Waals surface area contributed by atoms with Crippen LogP contribution in [-0.2, 0) is 0 Å². The third-order valence-electron chi connectivity index (χ3n) is 6.11. The van der Waals surface area contributed by atoms with E-state index in [1.54, 1.807) is 0 Å². The van der Waals surface area contributed by atoms with E-state index in [1.165, 1.54) is 43.0 Å². The van der Waals surface area contributed by atoms with Gasteiger partial charge >= 0.3 is 0 Å². The molecule has 3 nitrogen and oxygen atoms in total. The summed E-state index contributed by atoms with van der Waals surface area (Å²) < 4.78 is 0. The number of allylic oxidation sites excluding steroid dienone is 7. The molecule has 1 aromatic carbocycles. The highest BCUT2D eigenvalue weighted by Gasteiger charge is 2.20. The van der Waals surface area contributed by atoms with Gasteiger partial charge in [0.15, 0.2) is 0 Å². The molecular formula is C30H47N3. The van der Waals surface area contributed by atoms with Crippen molar-refractivity contribution in [2.24, 2.45) is 11.8 Å². The zero-order valence-electron chi connectivity index (χ0n) is 21.9. The highest BCUT2D eigenvalue weighted by Crippen LogP contribution is 2.33. The van der Waals surface area contributed by atoms with Crippen molar-refractivity contribution in [1.82, 2.24) is 0 Å². The van der Waals surface area contributed by atoms with E-state index in [4.69, 9.17) is 11.1 Å². The number of rotatable bonds is 8. The smallest absolute Gasteiger partial charge is 0.0423 e. The second-order valence-electron chi connectivity index (χ2n) is 8.26. The Balaban J connectivity index is 0.000000635. The molecule has 1 aromatic rings. The van der Waals surface area contributed by atoms with Crippen molar-refractivity contribution < 1.29 is 0 Å². The fraction of sp³-hybridized carbons (Fsp3) is 0.433. The van der Waals surface area contributed by atoms with Crippen LogP contribution in [-0.4, -0.2) is 6.21 Å². The Morgan fingerprint density at radius 3 is 2.15 bits per heavy atom. The SMILES string of the molecule is C=C(Nc1ccc(C=N)c(N)c1)C1CCC(C)CC1.C=CC(C=C)=C(CC)/C(C)=C\C.CC. The number of benzene rings is 1. The minimum absolute atomic E-state index is 0.569. The predicted molar refractivity (Wildman–Crippen MR) is 151 cm³/mol. The van der Waals surface area contributed by atoms with Gasteiger partial charge in [0.05, 0.1) is 0 Å². The summed E-state index contributed by atoms with van der Waals surface area (Å²) in [6.45, 7) is 24.3. The molecule has 0 aliphatic heterocycles. The fourth-order valence-electron chi connectivity index (χ4n) is 3.89. The van der Waals surface area contributed by atoms with Gasteiger partial charge in [-0.2, -0.15) is 0 Å². The van der Waals surface area contributed by atoms with Crippen molar-refractivity contribution in [3.63, 3.8) is 0 Å². The van der Waals surface area contributed by atoms with E-state index in [1.807, 2.05) is 44.2 Å². The van der Waals surface area contributed by atoms with Crippen LogP contribution in [0.3, 0.4) is 0 Å². The van der Waals surface area contributed by atoms with E-state index in [0.29, 0.717) is 11.6 Å². The number of nitrogens with one attached hydrogen (secondary N) is 2. The van der Waals surface area contributed by atoms with Crippen molar-refractivity contribution in [2.75, 3.05) is 11.1 Å². The van der Waals surface area contributed by atoms with Gasteiger partial charge in [-0.1, -0.05) is 84.1 Å². The highest BCUT2D eigenvalue weighted by molar-refractivity contribution is 5.86. The lowest BCUT2D eigenvalue weighted by atomic mass is 9.81. The van der Waals surface area contributed by atoms with Crippen LogP contribution >= 0.6 is 0 Å². The summed E-state index contributed by atoms with van der Waals surface area (Å²) in [6.07, 6.45) is 13.2. The van der Waals surface area contributed by atoms with Crippen LogP contribution in [0.15, 0.2) is 78.6 Å². The summed E-state index contributed by atoms with van der Waals surface area (Å²) in [4.78, 5) is 0. The van der Waals surface area contributed by atoms with E-state index < -0.39 is 0 Å². The predicted octanol–water partition coefficient (Wildman–Crippen LogP) is 9.08. The molecule has 182 valence electrons. The summed E-state index contributed by atoms with van der Waals surface area (Å²) in [6, 6.07) is 5.69. The first kappa shape index (κ1) is 30.2. The number of nitrogen functional groups attached to an aromatic ring is 1. The fourth-order valence-corrected chi connectivity index (χ4v) is 3.89. The minimum atomic E-state index is 0.569. The zero-order chi connectivity index (χ0) is 25.4. The van der Waals surface area contributed by atoms with Gasteiger partial charge in [-0.3, -0.25) is 0 Å². The molecule has 0 atom stereocenters. The van der Waals surface area contributed by atoms with Crippen LogP contribution in [0.25, 0.3) is 0 Å². The Labute approximate surface area is 203 Å². The van der Waals surface area contributed by atoms with Gasteiger partial charge in [-0.15, -0.1) is 0 Å². The number of anilines is 2. The van der Waals surface area contributed by atoms with Crippen molar-refractivity contribution in [1.29, 1.82) is 5.41 Å². The van der Waals surface area contributed by atoms with Crippen molar-refractivity contribution in [2.45, 2.75) is 73.6 Å². The number of nitrogens with two attached hydrogens (primary N) is 1. The first-order valence-electron chi connectivity index (χ1n) is 12.3. The first-order valence-corrected chi connectivity index (χ1v) is 12.3. The molecule has 0 amide bonds. The molecular weight excluding hydrogens is 402 g/mol. The third kappa shape index (κ3) is 10.1. The molecule has 4 N–H and O–H groups in total. The van der Waals surface area contributed by atoms with E-state index in [2.05, 4.69) is 58.8 Å². The van der Waals surface area contributed by atoms with Gasteiger partial charge < -0.3 is 16.5 Å². The molecule has 0 aromatic heterocycles. The molecule has 0 bridgehead atoms. The van der Waals surface area contributed by atoms with Gasteiger partial charge in [0, 0.05) is 28.8 Å². The van der Waals surface area contributed by atoms with Gasteiger partial charge in [0.1, 0.15) is 0 Å². The molecule has 1 saturated carbocycles. The van der Waals surface area contributed by atoms with Crippen molar-refractivity contribution in [3.8, 4) is 0 Å². The number of hydrogen-bond acceptors (Lipinski definition) is 3. The maximum atomic E-state index is 7.23. The molecule has 1 fully saturated rings. The monoisotopic (exact) mass is 449 g/mol. The van der Waals surface area contributed by atoms with Gasteiger partial charge in [-0.05, 0) is 74.3 Å². The summed E-state index contributed by atoms with van der Waals surface area (Å²) in [5.74, 6) is 1.42. The van der Waals surface area contributed by atoms with Crippen LogP contribution in [0.4, 0.5) is 11.4 Å². The Hall–Kier alpha value is -2.81. The van der Waals surface area contributed by atoms with E-state index >= 15 is 0 Å². The average Bonchev–Trinajstić information content (AvgIpc) is 2.84. The maximum absolute atomic E-state index is 7.23. The lowest BCUT2D eigenvalue weighted by Crippen LogP contribution is -2.17. The summed E-state index contributed by atoms with van der Waals surface area (Å²) in [7, 11) is 0. The van der Waals surface area contributed by atoms with Crippen LogP contribution in [0.2, 0.25) is 0 Å². The molecule has 3 heteroatoms. The van der Waals surface area contributed by atoms with Gasteiger partial charge in [-0.25, -0.2) is 0 Å². The van der Waals surface area contributed by atoms with Crippen LogP contribution in [0.1, 0.15) is 79.2 Å². The van der Waals surface area contributed by atoms with Gasteiger partial charge in [0.2, 0.25) is 0 Å². The van der Waals surface area contributed by atoms with Crippen LogP contribution in [0, 0.1) is 17.2 Å². The summed E-state index contributed by atoms with van der Waals surface area (Å²) in [5, 5.41) is 10.6. The quantitative estimate of drug-likeness (QED) is 0.210. The first-order chi connectivity index (χ1) is 15.8. The Kier molecular flexibility index (Phi) is 15.3. The lowest BCUT2D eigenvalue weighted by Gasteiger charge is -2.28. The largest absolute Gasteiger partial charge is 0.398 e. The standard InChI is InChI=1S/C16H23N3.C12H18.C2H6/c1-11-3-5-13(6-4-11)12(2)19-15-8-7-14(10-17)16(18)9-15;1-6-10(5)12(9-4)11(7-2)8-3;1-2/h7-11,13,17,19H,2-6,18H2,1H3;6-8H,2-3,9H2,1,4-5H3;1-2H3/b;10-6-;. The molecule has 1 aliphatic carbocycles. The lowest BCUT2D eigenvalue weighted by molar-refractivity contribution is 0.322. The highest BCUT2D eigenvalue weighted by atomic mass is 14.9. The average molecular weight is 450 g/mol. The molecule has 0 unspecified atom stereocenters. The van der Waals surface area contributed by atoms with E-state index in [9.17, 15) is 0 Å². The third-order valence-corrected chi connectivity index (χ3v) is 6.11. The summed E-state index contributed by atoms with van der Waals surface area (Å²) >= 11 is 0. The minimum Gasteiger partial charge on any atom is -0.398 e. The van der Waals surface area contributed by atoms with Gasteiger partial charge in [0.25, 0.3) is 0 Å². The molecule has 0 saturated heterocycles. The molecule has 2 rings (SSSR count). The molecule has 0 heterocycles. The molecule has 0 radical (unpaired) electrons. The normalized spacial score (nSPS) is 17.2. The molecule has 0 spiro atoms. The van der Waals surface area contributed by atoms with Crippen molar-refractivity contribution in [3.05, 3.63) is 84.1 Å². The van der Waals surface area contributed by atoms with Crippen molar-refractivity contribution >= 4 is 17.6 Å². The maximum Gasteiger partial charge on any atom is 0.0423 e. The Morgan fingerprint density at radius 1 is 1.15 bits per heavy atom. The molecule has 1 aliphatic rings. The topological polar surface area (TPSA) is 61.9 Å². The van der Waals surface area contributed by atoms with Crippen LogP contribution < -0.4 is 11.1 Å². The second kappa shape index (κ2) is 16.8. The number of hydrogen-bond donors (Lipinski definition) is 3. The van der Waals surface area contributed by atoms with Crippen LogP contribution in [0.5, 0.6) is 0 Å². The Bertz CT molecular complexity index is 824. The molecule has 33 heavy (non-hydrogen) atoms. The van der Waals surface area contributed by atoms with E-state index in [0.717, 1.165) is 34.9 Å². The Morgan fingerprint density at radius 2 is 1.73 bits per heavy atom. The second-order valence-corrected chi connectivity index (χ2v) is 8.26.